The Bertz CT molecular complexity index is 642. The Kier molecular flexibility index (Phi) is 6.08. The maximum atomic E-state index is 11.7. The second-order valence-corrected chi connectivity index (χ2v) is 5.77. The second kappa shape index (κ2) is 8.49. The molecule has 0 bridgehead atoms. The minimum Gasteiger partial charge on any atom is -0.423 e. The zero-order valence-electron chi connectivity index (χ0n) is 14.1. The van der Waals surface area contributed by atoms with Crippen molar-refractivity contribution in [2.24, 2.45) is 0 Å². The van der Waals surface area contributed by atoms with Gasteiger partial charge in [0.05, 0.1) is 6.61 Å². The molecule has 8 nitrogen and oxygen atoms in total. The topological polar surface area (TPSA) is 92.7 Å². The summed E-state index contributed by atoms with van der Waals surface area (Å²) < 4.78 is 32.2. The van der Waals surface area contributed by atoms with Crippen LogP contribution in [0.4, 0.5) is 4.79 Å². The smallest absolute Gasteiger partial charge is 0.423 e. The summed E-state index contributed by atoms with van der Waals surface area (Å²) in [5.41, 5.74) is 0.804. The molecule has 2 aliphatic heterocycles. The summed E-state index contributed by atoms with van der Waals surface area (Å²) in [6.45, 7) is -0.0535. The van der Waals surface area contributed by atoms with E-state index in [2.05, 4.69) is 10.7 Å². The van der Waals surface area contributed by atoms with Gasteiger partial charge in [-0.2, -0.15) is 0 Å². The summed E-state index contributed by atoms with van der Waals surface area (Å²) in [4.78, 5) is 11.7. The van der Waals surface area contributed by atoms with Gasteiger partial charge in [-0.05, 0) is 0 Å². The highest BCUT2D eigenvalue weighted by Crippen LogP contribution is 2.35. The average molecular weight is 364 g/mol. The normalized spacial score (nSPS) is 33.6. The maximum Gasteiger partial charge on any atom is 0.509 e. The van der Waals surface area contributed by atoms with Crippen LogP contribution in [0.5, 0.6) is 0 Å². The van der Waals surface area contributed by atoms with E-state index in [1.165, 1.54) is 7.11 Å². The SMILES string of the molecule is C#CCOC(=O)O[C@H]1[C@@H](OC)O[C@@H]2CO[C@@H](c3ccccc3)O[C@H]2[C@@H]1O. The first-order valence-electron chi connectivity index (χ1n) is 8.09. The number of carbonyl (C=O) groups is 1. The molecule has 0 spiro atoms. The molecular formula is C18H20O8. The van der Waals surface area contributed by atoms with Crippen LogP contribution >= 0.6 is 0 Å². The van der Waals surface area contributed by atoms with Crippen LogP contribution in [0.3, 0.4) is 0 Å². The van der Waals surface area contributed by atoms with Crippen molar-refractivity contribution in [3.8, 4) is 12.3 Å². The summed E-state index contributed by atoms with van der Waals surface area (Å²) in [6.07, 6.45) is -1.34. The van der Waals surface area contributed by atoms with Crippen molar-refractivity contribution >= 4 is 6.16 Å². The molecule has 2 fully saturated rings. The molecule has 0 amide bonds. The molecule has 0 aromatic heterocycles. The van der Waals surface area contributed by atoms with Crippen LogP contribution < -0.4 is 0 Å². The number of fused-ring (bicyclic) bond motifs is 1. The van der Waals surface area contributed by atoms with Crippen molar-refractivity contribution in [2.45, 2.75) is 37.0 Å². The van der Waals surface area contributed by atoms with Crippen LogP contribution in [0.2, 0.25) is 0 Å². The Morgan fingerprint density at radius 1 is 1.35 bits per heavy atom. The van der Waals surface area contributed by atoms with E-state index in [1.807, 2.05) is 30.3 Å². The summed E-state index contributed by atoms with van der Waals surface area (Å²) in [5, 5.41) is 10.7. The van der Waals surface area contributed by atoms with Crippen molar-refractivity contribution in [3.05, 3.63) is 35.9 Å². The van der Waals surface area contributed by atoms with Crippen LogP contribution in [0.15, 0.2) is 30.3 Å². The molecule has 0 radical (unpaired) electrons. The summed E-state index contributed by atoms with van der Waals surface area (Å²) in [7, 11) is 1.37. The molecule has 2 heterocycles. The summed E-state index contributed by atoms with van der Waals surface area (Å²) in [5.74, 6) is 2.15. The molecule has 140 valence electrons. The quantitative estimate of drug-likeness (QED) is 0.625. The van der Waals surface area contributed by atoms with E-state index in [9.17, 15) is 9.90 Å². The third-order valence-corrected chi connectivity index (χ3v) is 4.12. The number of aliphatic hydroxyl groups excluding tert-OH is 1. The Balaban J connectivity index is 1.71. The van der Waals surface area contributed by atoms with Gasteiger partial charge in [0, 0.05) is 12.7 Å². The maximum absolute atomic E-state index is 11.7. The van der Waals surface area contributed by atoms with Gasteiger partial charge in [0.25, 0.3) is 0 Å². The van der Waals surface area contributed by atoms with Crippen LogP contribution in [-0.4, -0.2) is 62.3 Å². The fourth-order valence-corrected chi connectivity index (χ4v) is 2.91. The van der Waals surface area contributed by atoms with E-state index in [1.54, 1.807) is 0 Å². The summed E-state index contributed by atoms with van der Waals surface area (Å²) >= 11 is 0. The van der Waals surface area contributed by atoms with E-state index >= 15 is 0 Å². The van der Waals surface area contributed by atoms with Gasteiger partial charge in [0.1, 0.15) is 18.3 Å². The first-order chi connectivity index (χ1) is 12.6. The number of rotatable bonds is 4. The number of methoxy groups -OCH3 is 1. The Labute approximate surface area is 150 Å². The molecule has 0 aliphatic carbocycles. The van der Waals surface area contributed by atoms with Gasteiger partial charge < -0.3 is 33.5 Å². The third kappa shape index (κ3) is 3.98. The predicted molar refractivity (Wildman–Crippen MR) is 86.7 cm³/mol. The van der Waals surface area contributed by atoms with Crippen LogP contribution in [0.25, 0.3) is 0 Å². The first kappa shape index (κ1) is 18.6. The summed E-state index contributed by atoms with van der Waals surface area (Å²) in [6, 6.07) is 9.30. The van der Waals surface area contributed by atoms with E-state index in [-0.39, 0.29) is 13.2 Å². The Hall–Kier alpha value is -2.15. The molecule has 0 unspecified atom stereocenters. The number of ether oxygens (including phenoxy) is 6. The lowest BCUT2D eigenvalue weighted by molar-refractivity contribution is -0.358. The van der Waals surface area contributed by atoms with E-state index in [0.29, 0.717) is 0 Å². The highest BCUT2D eigenvalue weighted by molar-refractivity contribution is 5.60. The fourth-order valence-electron chi connectivity index (χ4n) is 2.91. The van der Waals surface area contributed by atoms with Crippen molar-refractivity contribution in [1.29, 1.82) is 0 Å². The Morgan fingerprint density at radius 2 is 2.12 bits per heavy atom. The molecule has 26 heavy (non-hydrogen) atoms. The molecular weight excluding hydrogens is 344 g/mol. The number of carbonyl (C=O) groups excluding carboxylic acids is 1. The third-order valence-electron chi connectivity index (χ3n) is 4.12. The molecule has 1 aromatic carbocycles. The zero-order valence-corrected chi connectivity index (χ0v) is 14.1. The molecule has 1 N–H and O–H groups in total. The first-order valence-corrected chi connectivity index (χ1v) is 8.09. The van der Waals surface area contributed by atoms with Gasteiger partial charge in [-0.3, -0.25) is 0 Å². The van der Waals surface area contributed by atoms with Crippen molar-refractivity contribution in [1.82, 2.24) is 0 Å². The van der Waals surface area contributed by atoms with Crippen LogP contribution in [-0.2, 0) is 28.4 Å². The van der Waals surface area contributed by atoms with E-state index < -0.39 is 43.2 Å². The minimum atomic E-state index is -1.20. The average Bonchev–Trinajstić information content (AvgIpc) is 2.68. The highest BCUT2D eigenvalue weighted by Gasteiger charge is 2.51. The lowest BCUT2D eigenvalue weighted by atomic mass is 9.97. The van der Waals surface area contributed by atoms with Crippen LogP contribution in [0.1, 0.15) is 11.9 Å². The van der Waals surface area contributed by atoms with E-state index in [4.69, 9.17) is 30.1 Å². The lowest BCUT2D eigenvalue weighted by Crippen LogP contribution is -2.63. The number of hydrogen-bond acceptors (Lipinski definition) is 8. The minimum absolute atomic E-state index is 0.190. The lowest BCUT2D eigenvalue weighted by Gasteiger charge is -2.46. The Morgan fingerprint density at radius 3 is 2.81 bits per heavy atom. The van der Waals surface area contributed by atoms with Gasteiger partial charge >= 0.3 is 6.16 Å². The molecule has 6 atom stereocenters. The van der Waals surface area contributed by atoms with Crippen molar-refractivity contribution in [2.75, 3.05) is 20.3 Å². The molecule has 2 aliphatic rings. The monoisotopic (exact) mass is 364 g/mol. The molecule has 3 rings (SSSR count). The number of aliphatic hydroxyl groups is 1. The standard InChI is InChI=1S/C18H20O8/c1-3-9-22-18(20)26-15-13(19)14-12(24-17(15)21-2)10-23-16(25-14)11-7-5-4-6-8-11/h1,4-8,12-17,19H,9-10H2,2H3/t12-,13+,14-,15-,16-,17+/m1/s1. The highest BCUT2D eigenvalue weighted by atomic mass is 16.8. The second-order valence-electron chi connectivity index (χ2n) is 5.77. The number of terminal acetylenes is 1. The zero-order chi connectivity index (χ0) is 18.5. The number of hydrogen-bond donors (Lipinski definition) is 1. The largest absolute Gasteiger partial charge is 0.509 e. The van der Waals surface area contributed by atoms with Gasteiger partial charge in [-0.25, -0.2) is 4.79 Å². The van der Waals surface area contributed by atoms with Gasteiger partial charge in [0.15, 0.2) is 25.3 Å². The fraction of sp³-hybridized carbons (Fsp3) is 0.500. The molecule has 8 heteroatoms. The van der Waals surface area contributed by atoms with Gasteiger partial charge in [0.2, 0.25) is 0 Å². The predicted octanol–water partition coefficient (Wildman–Crippen LogP) is 0.988. The molecule has 1 aromatic rings. The van der Waals surface area contributed by atoms with Gasteiger partial charge in [-0.15, -0.1) is 6.42 Å². The molecule has 2 saturated heterocycles. The van der Waals surface area contributed by atoms with Gasteiger partial charge in [-0.1, -0.05) is 36.3 Å². The van der Waals surface area contributed by atoms with Crippen molar-refractivity contribution < 1.29 is 38.3 Å². The number of benzene rings is 1. The molecule has 0 saturated carbocycles. The van der Waals surface area contributed by atoms with Crippen molar-refractivity contribution in [3.63, 3.8) is 0 Å². The van der Waals surface area contributed by atoms with Crippen LogP contribution in [0, 0.1) is 12.3 Å². The van der Waals surface area contributed by atoms with E-state index in [0.717, 1.165) is 5.56 Å².